The summed E-state index contributed by atoms with van der Waals surface area (Å²) in [4.78, 5) is 13.1. The number of aromatic nitrogens is 2. The largest absolute Gasteiger partial charge is 0.348 e. The molecule has 1 N–H and O–H groups in total. The number of amides is 1. The summed E-state index contributed by atoms with van der Waals surface area (Å²) in [5.74, 6) is -0.0244. The van der Waals surface area contributed by atoms with Crippen LogP contribution in [0.1, 0.15) is 40.4 Å². The number of hydrogen-bond donors (Lipinski definition) is 1. The summed E-state index contributed by atoms with van der Waals surface area (Å²) in [5, 5.41) is 9.76. The van der Waals surface area contributed by atoms with E-state index < -0.39 is 0 Å². The molecule has 0 aliphatic rings. The van der Waals surface area contributed by atoms with E-state index in [-0.39, 0.29) is 5.91 Å². The molecule has 4 aromatic rings. The lowest BCUT2D eigenvalue weighted by Crippen LogP contribution is -2.24. The number of carbonyl (C=O) groups excluding carboxylic acids is 1. The minimum atomic E-state index is -0.0244. The van der Waals surface area contributed by atoms with Gasteiger partial charge in [0.15, 0.2) is 0 Å². The van der Waals surface area contributed by atoms with Gasteiger partial charge < -0.3 is 5.32 Å². The number of fused-ring (bicyclic) bond motifs is 1. The summed E-state index contributed by atoms with van der Waals surface area (Å²) in [5.41, 5.74) is 4.05. The fourth-order valence-corrected chi connectivity index (χ4v) is 3.72. The van der Waals surface area contributed by atoms with Gasteiger partial charge in [-0.15, -0.1) is 0 Å². The molecule has 0 atom stereocenters. The molecule has 4 nitrogen and oxygen atoms in total. The maximum Gasteiger partial charge on any atom is 0.251 e. The minimum absolute atomic E-state index is 0.0244. The Morgan fingerprint density at radius 2 is 1.86 bits per heavy atom. The molecule has 0 aliphatic carbocycles. The smallest absolute Gasteiger partial charge is 0.251 e. The number of hydrogen-bond acceptors (Lipinski definition) is 2. The lowest BCUT2D eigenvalue weighted by Gasteiger charge is -2.13. The Morgan fingerprint density at radius 3 is 2.69 bits per heavy atom. The Kier molecular flexibility index (Phi) is 5.71. The van der Waals surface area contributed by atoms with E-state index in [1.165, 1.54) is 10.8 Å². The fourth-order valence-electron chi connectivity index (χ4n) is 3.72. The van der Waals surface area contributed by atoms with Crippen LogP contribution in [0.4, 0.5) is 0 Å². The van der Waals surface area contributed by atoms with Crippen molar-refractivity contribution in [2.75, 3.05) is 0 Å². The highest BCUT2D eigenvalue weighted by molar-refractivity contribution is 5.96. The zero-order valence-corrected chi connectivity index (χ0v) is 16.6. The van der Waals surface area contributed by atoms with Gasteiger partial charge in [0.2, 0.25) is 0 Å². The Hall–Kier alpha value is -3.40. The molecule has 0 aliphatic heterocycles. The van der Waals surface area contributed by atoms with E-state index in [2.05, 4.69) is 53.7 Å². The van der Waals surface area contributed by atoms with Crippen molar-refractivity contribution in [2.24, 2.45) is 0 Å². The van der Waals surface area contributed by atoms with Crippen LogP contribution >= 0.6 is 0 Å². The van der Waals surface area contributed by atoms with E-state index in [0.29, 0.717) is 13.1 Å². The first-order valence-corrected chi connectivity index (χ1v) is 10.1. The van der Waals surface area contributed by atoms with Gasteiger partial charge in [0.1, 0.15) is 0 Å². The molecule has 3 aromatic carbocycles. The second-order valence-corrected chi connectivity index (χ2v) is 7.27. The highest BCUT2D eigenvalue weighted by atomic mass is 16.1. The highest BCUT2D eigenvalue weighted by Crippen LogP contribution is 2.19. The van der Waals surface area contributed by atoms with Crippen LogP contribution in [0.25, 0.3) is 10.8 Å². The summed E-state index contributed by atoms with van der Waals surface area (Å²) in [6.45, 7) is 3.30. The van der Waals surface area contributed by atoms with Crippen molar-refractivity contribution in [2.45, 2.75) is 32.9 Å². The molecular weight excluding hydrogens is 358 g/mol. The SMILES string of the molecule is CCCc1ccc(Cn2cccn2)cc1C(=O)NCc1cccc2ccccc12. The molecule has 0 saturated heterocycles. The van der Waals surface area contributed by atoms with Gasteiger partial charge in [0.25, 0.3) is 5.91 Å². The molecule has 1 heterocycles. The van der Waals surface area contributed by atoms with Crippen molar-refractivity contribution < 1.29 is 4.79 Å². The number of aryl methyl sites for hydroxylation is 1. The molecule has 0 radical (unpaired) electrons. The van der Waals surface area contributed by atoms with Crippen LogP contribution in [0.3, 0.4) is 0 Å². The molecule has 0 fully saturated rings. The average Bonchev–Trinajstić information content (AvgIpc) is 3.26. The first-order valence-electron chi connectivity index (χ1n) is 10.1. The van der Waals surface area contributed by atoms with Crippen LogP contribution in [0, 0.1) is 0 Å². The maximum absolute atomic E-state index is 13.1. The number of benzene rings is 3. The van der Waals surface area contributed by atoms with Crippen molar-refractivity contribution in [3.8, 4) is 0 Å². The Balaban J connectivity index is 1.56. The number of nitrogens with zero attached hydrogens (tertiary/aromatic N) is 2. The summed E-state index contributed by atoms with van der Waals surface area (Å²) in [6.07, 6.45) is 5.59. The van der Waals surface area contributed by atoms with E-state index in [1.54, 1.807) is 6.20 Å². The zero-order valence-electron chi connectivity index (χ0n) is 16.6. The van der Waals surface area contributed by atoms with Gasteiger partial charge >= 0.3 is 0 Å². The van der Waals surface area contributed by atoms with E-state index in [0.717, 1.165) is 35.1 Å². The molecule has 1 amide bonds. The third kappa shape index (κ3) is 4.37. The Morgan fingerprint density at radius 1 is 1.00 bits per heavy atom. The molecular formula is C25H25N3O. The summed E-state index contributed by atoms with van der Waals surface area (Å²) in [6, 6.07) is 22.6. The molecule has 146 valence electrons. The lowest BCUT2D eigenvalue weighted by molar-refractivity contribution is 0.0950. The van der Waals surface area contributed by atoms with Gasteiger partial charge in [-0.1, -0.05) is 67.9 Å². The molecule has 0 bridgehead atoms. The molecule has 1 aromatic heterocycles. The topological polar surface area (TPSA) is 46.9 Å². The van der Waals surface area contributed by atoms with E-state index in [1.807, 2.05) is 41.2 Å². The summed E-state index contributed by atoms with van der Waals surface area (Å²) in [7, 11) is 0. The van der Waals surface area contributed by atoms with Crippen molar-refractivity contribution in [1.82, 2.24) is 15.1 Å². The second-order valence-electron chi connectivity index (χ2n) is 7.27. The normalized spacial score (nSPS) is 10.9. The van der Waals surface area contributed by atoms with Crippen molar-refractivity contribution in [1.29, 1.82) is 0 Å². The number of rotatable bonds is 7. The van der Waals surface area contributed by atoms with Crippen LogP contribution in [0.2, 0.25) is 0 Å². The van der Waals surface area contributed by atoms with Gasteiger partial charge in [0.05, 0.1) is 6.54 Å². The Labute approximate surface area is 171 Å². The summed E-state index contributed by atoms with van der Waals surface area (Å²) >= 11 is 0. The predicted molar refractivity (Wildman–Crippen MR) is 117 cm³/mol. The molecule has 0 saturated carbocycles. The molecule has 4 rings (SSSR count). The second kappa shape index (κ2) is 8.74. The predicted octanol–water partition coefficient (Wildman–Crippen LogP) is 4.97. The lowest BCUT2D eigenvalue weighted by atomic mass is 9.99. The van der Waals surface area contributed by atoms with E-state index in [9.17, 15) is 4.79 Å². The fraction of sp³-hybridized carbons (Fsp3) is 0.200. The van der Waals surface area contributed by atoms with E-state index in [4.69, 9.17) is 0 Å². The Bertz CT molecular complexity index is 1110. The van der Waals surface area contributed by atoms with Crippen molar-refractivity contribution in [3.63, 3.8) is 0 Å². The standard InChI is InChI=1S/C25H25N3O/c1-2-7-20-13-12-19(18-28-15-6-14-27-28)16-24(20)25(29)26-17-22-10-5-9-21-8-3-4-11-23(21)22/h3-6,8-16H,2,7,17-18H2,1H3,(H,26,29). The van der Waals surface area contributed by atoms with Crippen LogP contribution in [0.5, 0.6) is 0 Å². The van der Waals surface area contributed by atoms with Gasteiger partial charge in [-0.3, -0.25) is 9.48 Å². The monoisotopic (exact) mass is 383 g/mol. The summed E-state index contributed by atoms with van der Waals surface area (Å²) < 4.78 is 1.87. The minimum Gasteiger partial charge on any atom is -0.348 e. The van der Waals surface area contributed by atoms with Crippen LogP contribution in [-0.4, -0.2) is 15.7 Å². The van der Waals surface area contributed by atoms with Crippen LogP contribution in [-0.2, 0) is 19.5 Å². The maximum atomic E-state index is 13.1. The first kappa shape index (κ1) is 18.9. The first-order chi connectivity index (χ1) is 14.2. The van der Waals surface area contributed by atoms with Crippen LogP contribution < -0.4 is 5.32 Å². The van der Waals surface area contributed by atoms with Crippen molar-refractivity contribution >= 4 is 16.7 Å². The average molecular weight is 383 g/mol. The third-order valence-corrected chi connectivity index (χ3v) is 5.16. The molecule has 0 unspecified atom stereocenters. The molecule has 29 heavy (non-hydrogen) atoms. The quantitative estimate of drug-likeness (QED) is 0.490. The van der Waals surface area contributed by atoms with E-state index >= 15 is 0 Å². The van der Waals surface area contributed by atoms with Gasteiger partial charge in [-0.05, 0) is 46.0 Å². The zero-order chi connectivity index (χ0) is 20.1. The van der Waals surface area contributed by atoms with Gasteiger partial charge in [-0.2, -0.15) is 5.10 Å². The van der Waals surface area contributed by atoms with Gasteiger partial charge in [0, 0.05) is 24.5 Å². The number of nitrogens with one attached hydrogen (secondary N) is 1. The van der Waals surface area contributed by atoms with Crippen LogP contribution in [0.15, 0.2) is 79.1 Å². The van der Waals surface area contributed by atoms with Crippen molar-refractivity contribution in [3.05, 3.63) is 101 Å². The third-order valence-electron chi connectivity index (χ3n) is 5.16. The number of carbonyl (C=O) groups is 1. The van der Waals surface area contributed by atoms with Gasteiger partial charge in [-0.25, -0.2) is 0 Å². The molecule has 0 spiro atoms. The molecule has 4 heteroatoms. The highest BCUT2D eigenvalue weighted by Gasteiger charge is 2.13.